The molecule has 3 N–H and O–H groups in total. The summed E-state index contributed by atoms with van der Waals surface area (Å²) in [5.74, 6) is -1.59. The number of nitrogens with two attached hydrogens (primary N) is 1. The second-order valence-corrected chi connectivity index (χ2v) is 5.13. The van der Waals surface area contributed by atoms with Crippen LogP contribution in [0.2, 0.25) is 0 Å². The Bertz CT molecular complexity index is 501. The predicted molar refractivity (Wildman–Crippen MR) is 74.6 cm³/mol. The summed E-state index contributed by atoms with van der Waals surface area (Å²) >= 11 is 0. The zero-order chi connectivity index (χ0) is 14.7. The highest BCUT2D eigenvalue weighted by atomic mass is 19.1. The van der Waals surface area contributed by atoms with Gasteiger partial charge >= 0.3 is 5.97 Å². The third-order valence-electron chi connectivity index (χ3n) is 3.63. The minimum atomic E-state index is -1.31. The predicted octanol–water partition coefficient (Wildman–Crippen LogP) is 1.97. The molecule has 1 aromatic carbocycles. The number of nitrogens with zero attached hydrogens (tertiary/aromatic N) is 1. The lowest BCUT2D eigenvalue weighted by Crippen LogP contribution is -2.30. The van der Waals surface area contributed by atoms with Crippen molar-refractivity contribution in [3.63, 3.8) is 0 Å². The standard InChI is InChI=1S/C14H19FN2O3/c1-17(8-9-2-4-20-5-3-9)13-7-11(15)10(14(18)19)6-12(13)16/h6-7,9H,2-5,8,16H2,1H3,(H,18,19). The molecule has 6 heteroatoms. The van der Waals surface area contributed by atoms with Crippen LogP contribution in [0.25, 0.3) is 0 Å². The van der Waals surface area contributed by atoms with Gasteiger partial charge < -0.3 is 20.5 Å². The van der Waals surface area contributed by atoms with Gasteiger partial charge in [0, 0.05) is 32.9 Å². The Morgan fingerprint density at radius 1 is 1.50 bits per heavy atom. The van der Waals surface area contributed by atoms with E-state index in [1.807, 2.05) is 11.9 Å². The Hall–Kier alpha value is -1.82. The minimum Gasteiger partial charge on any atom is -0.478 e. The molecule has 0 aliphatic carbocycles. The molecule has 0 spiro atoms. The Balaban J connectivity index is 2.14. The van der Waals surface area contributed by atoms with E-state index in [-0.39, 0.29) is 5.69 Å². The van der Waals surface area contributed by atoms with Crippen molar-refractivity contribution in [1.29, 1.82) is 0 Å². The molecular formula is C14H19FN2O3. The maximum absolute atomic E-state index is 13.7. The Morgan fingerprint density at radius 2 is 2.15 bits per heavy atom. The van der Waals surface area contributed by atoms with E-state index in [9.17, 15) is 9.18 Å². The first-order valence-electron chi connectivity index (χ1n) is 6.60. The van der Waals surface area contributed by atoms with Crippen molar-refractivity contribution in [3.05, 3.63) is 23.5 Å². The van der Waals surface area contributed by atoms with Crippen LogP contribution in [0.5, 0.6) is 0 Å². The molecule has 0 radical (unpaired) electrons. The molecule has 2 rings (SSSR count). The number of benzene rings is 1. The van der Waals surface area contributed by atoms with E-state index in [1.165, 1.54) is 12.1 Å². The Kier molecular flexibility index (Phi) is 4.44. The molecule has 0 saturated carbocycles. The fraction of sp³-hybridized carbons (Fsp3) is 0.500. The zero-order valence-electron chi connectivity index (χ0n) is 11.4. The van der Waals surface area contributed by atoms with Crippen molar-refractivity contribution in [1.82, 2.24) is 0 Å². The van der Waals surface area contributed by atoms with Crippen LogP contribution in [-0.4, -0.2) is 37.9 Å². The number of aromatic carboxylic acids is 1. The fourth-order valence-electron chi connectivity index (χ4n) is 2.49. The largest absolute Gasteiger partial charge is 0.478 e. The van der Waals surface area contributed by atoms with Crippen LogP contribution in [0.1, 0.15) is 23.2 Å². The molecule has 0 unspecified atom stereocenters. The Labute approximate surface area is 117 Å². The Morgan fingerprint density at radius 3 is 2.75 bits per heavy atom. The van der Waals surface area contributed by atoms with Crippen LogP contribution in [0.4, 0.5) is 15.8 Å². The number of carbonyl (C=O) groups is 1. The van der Waals surface area contributed by atoms with E-state index < -0.39 is 17.3 Å². The van der Waals surface area contributed by atoms with Crippen LogP contribution in [0.3, 0.4) is 0 Å². The van der Waals surface area contributed by atoms with Gasteiger partial charge in [0.1, 0.15) is 5.82 Å². The van der Waals surface area contributed by atoms with Gasteiger partial charge in [0.2, 0.25) is 0 Å². The van der Waals surface area contributed by atoms with Gasteiger partial charge in [-0.15, -0.1) is 0 Å². The van der Waals surface area contributed by atoms with Gasteiger partial charge in [-0.1, -0.05) is 0 Å². The summed E-state index contributed by atoms with van der Waals surface area (Å²) in [6, 6.07) is 2.37. The quantitative estimate of drug-likeness (QED) is 0.826. The number of carboxylic acid groups (broad SMARTS) is 1. The smallest absolute Gasteiger partial charge is 0.338 e. The van der Waals surface area contributed by atoms with Crippen molar-refractivity contribution < 1.29 is 19.0 Å². The van der Waals surface area contributed by atoms with Gasteiger partial charge in [-0.25, -0.2) is 9.18 Å². The minimum absolute atomic E-state index is 0.276. The molecule has 1 saturated heterocycles. The van der Waals surface area contributed by atoms with Crippen molar-refractivity contribution in [2.75, 3.05) is 37.4 Å². The molecule has 1 fully saturated rings. The molecule has 0 amide bonds. The fourth-order valence-corrected chi connectivity index (χ4v) is 2.49. The third-order valence-corrected chi connectivity index (χ3v) is 3.63. The van der Waals surface area contributed by atoms with Crippen LogP contribution < -0.4 is 10.6 Å². The molecule has 1 heterocycles. The monoisotopic (exact) mass is 282 g/mol. The number of nitrogen functional groups attached to an aromatic ring is 1. The molecule has 110 valence electrons. The molecule has 0 bridgehead atoms. The lowest BCUT2D eigenvalue weighted by atomic mass is 9.99. The van der Waals surface area contributed by atoms with E-state index in [1.54, 1.807) is 0 Å². The molecule has 20 heavy (non-hydrogen) atoms. The van der Waals surface area contributed by atoms with E-state index in [0.29, 0.717) is 11.6 Å². The molecule has 1 aliphatic heterocycles. The summed E-state index contributed by atoms with van der Waals surface area (Å²) in [5.41, 5.74) is 6.24. The van der Waals surface area contributed by atoms with Crippen LogP contribution in [-0.2, 0) is 4.74 Å². The van der Waals surface area contributed by atoms with Crippen LogP contribution in [0, 0.1) is 11.7 Å². The summed E-state index contributed by atoms with van der Waals surface area (Å²) in [4.78, 5) is 12.7. The van der Waals surface area contributed by atoms with Gasteiger partial charge in [-0.05, 0) is 24.8 Å². The number of hydrogen-bond acceptors (Lipinski definition) is 4. The van der Waals surface area contributed by atoms with Crippen molar-refractivity contribution >= 4 is 17.3 Å². The highest BCUT2D eigenvalue weighted by molar-refractivity contribution is 5.90. The van der Waals surface area contributed by atoms with Crippen LogP contribution >= 0.6 is 0 Å². The van der Waals surface area contributed by atoms with Gasteiger partial charge in [0.15, 0.2) is 0 Å². The normalized spacial score (nSPS) is 16.1. The number of ether oxygens (including phenoxy) is 1. The van der Waals surface area contributed by atoms with Crippen molar-refractivity contribution in [3.8, 4) is 0 Å². The summed E-state index contributed by atoms with van der Waals surface area (Å²) in [6.07, 6.45) is 1.94. The van der Waals surface area contributed by atoms with Crippen molar-refractivity contribution in [2.24, 2.45) is 5.92 Å². The van der Waals surface area contributed by atoms with Gasteiger partial charge in [-0.2, -0.15) is 0 Å². The second kappa shape index (κ2) is 6.09. The lowest BCUT2D eigenvalue weighted by molar-refractivity contribution is 0.0682. The molecule has 0 aromatic heterocycles. The number of carboxylic acids is 1. The number of anilines is 2. The number of halogens is 1. The lowest BCUT2D eigenvalue weighted by Gasteiger charge is -2.29. The summed E-state index contributed by atoms with van der Waals surface area (Å²) in [5, 5.41) is 8.86. The van der Waals surface area contributed by atoms with Gasteiger partial charge in [0.05, 0.1) is 16.9 Å². The highest BCUT2D eigenvalue weighted by Crippen LogP contribution is 2.28. The SMILES string of the molecule is CN(CC1CCOCC1)c1cc(F)c(C(=O)O)cc1N. The first-order valence-corrected chi connectivity index (χ1v) is 6.60. The van der Waals surface area contributed by atoms with Crippen LogP contribution in [0.15, 0.2) is 12.1 Å². The van der Waals surface area contributed by atoms with Gasteiger partial charge in [-0.3, -0.25) is 0 Å². The summed E-state index contributed by atoms with van der Waals surface area (Å²) < 4.78 is 19.0. The average Bonchev–Trinajstić information content (AvgIpc) is 2.41. The topological polar surface area (TPSA) is 75.8 Å². The maximum Gasteiger partial charge on any atom is 0.338 e. The first-order chi connectivity index (χ1) is 9.49. The molecule has 1 aliphatic rings. The molecule has 5 nitrogen and oxygen atoms in total. The molecule has 0 atom stereocenters. The number of hydrogen-bond donors (Lipinski definition) is 2. The van der Waals surface area contributed by atoms with E-state index in [0.717, 1.165) is 32.6 Å². The van der Waals surface area contributed by atoms with Crippen molar-refractivity contribution in [2.45, 2.75) is 12.8 Å². The zero-order valence-corrected chi connectivity index (χ0v) is 11.4. The molecule has 1 aromatic rings. The van der Waals surface area contributed by atoms with E-state index in [2.05, 4.69) is 0 Å². The average molecular weight is 282 g/mol. The summed E-state index contributed by atoms with van der Waals surface area (Å²) in [6.45, 7) is 2.25. The second-order valence-electron chi connectivity index (χ2n) is 5.13. The third kappa shape index (κ3) is 3.19. The summed E-state index contributed by atoms with van der Waals surface area (Å²) in [7, 11) is 1.83. The number of rotatable bonds is 4. The first kappa shape index (κ1) is 14.6. The van der Waals surface area contributed by atoms with Gasteiger partial charge in [0.25, 0.3) is 0 Å². The van der Waals surface area contributed by atoms with E-state index >= 15 is 0 Å². The molecular weight excluding hydrogens is 263 g/mol. The maximum atomic E-state index is 13.7. The highest BCUT2D eigenvalue weighted by Gasteiger charge is 2.19. The van der Waals surface area contributed by atoms with E-state index in [4.69, 9.17) is 15.6 Å².